The van der Waals surface area contributed by atoms with Crippen molar-refractivity contribution in [1.82, 2.24) is 0 Å². The van der Waals surface area contributed by atoms with Crippen LogP contribution < -0.4 is 43.9 Å². The van der Waals surface area contributed by atoms with Crippen LogP contribution >= 0.6 is 0 Å². The molecule has 0 atom stereocenters. The third-order valence-electron chi connectivity index (χ3n) is 6.30. The van der Waals surface area contributed by atoms with Crippen molar-refractivity contribution in [1.29, 1.82) is 0 Å². The van der Waals surface area contributed by atoms with E-state index >= 15 is 0 Å². The normalized spacial score (nSPS) is 11.5. The first-order valence-corrected chi connectivity index (χ1v) is 14.2. The van der Waals surface area contributed by atoms with Crippen molar-refractivity contribution in [2.75, 3.05) is 25.7 Å². The van der Waals surface area contributed by atoms with Crippen molar-refractivity contribution in [2.24, 2.45) is 20.5 Å². The first kappa shape index (κ1) is 32.9. The van der Waals surface area contributed by atoms with Gasteiger partial charge in [-0.2, -0.15) is 10.2 Å². The maximum Gasteiger partial charge on any atom is 1.00 e. The summed E-state index contributed by atoms with van der Waals surface area (Å²) in [6.45, 7) is 5.21. The third kappa shape index (κ3) is 8.46. The molecule has 0 N–H and O–H groups in total. The summed E-state index contributed by atoms with van der Waals surface area (Å²) in [6.07, 6.45) is 0. The van der Waals surface area contributed by atoms with E-state index in [-0.39, 0.29) is 34.5 Å². The molecular formula is C30H30N5NaO5S. The Kier molecular flexibility index (Phi) is 11.8. The van der Waals surface area contributed by atoms with Gasteiger partial charge < -0.3 is 18.9 Å². The molecule has 0 amide bonds. The van der Waals surface area contributed by atoms with E-state index in [1.54, 1.807) is 32.4 Å². The van der Waals surface area contributed by atoms with Gasteiger partial charge in [0.2, 0.25) is 0 Å². The maximum absolute atomic E-state index is 11.2. The second-order valence-electron chi connectivity index (χ2n) is 9.01. The Labute approximate surface area is 268 Å². The number of hydrogen-bond acceptors (Lipinski definition) is 10. The molecule has 12 heteroatoms. The Morgan fingerprint density at radius 3 is 2.00 bits per heavy atom. The minimum atomic E-state index is -4.46. The van der Waals surface area contributed by atoms with Crippen LogP contribution in [0.2, 0.25) is 0 Å². The van der Waals surface area contributed by atoms with Gasteiger partial charge in [-0.25, -0.2) is 8.42 Å². The average Bonchev–Trinajstić information content (AvgIpc) is 2.98. The van der Waals surface area contributed by atoms with Crippen molar-refractivity contribution in [3.8, 4) is 11.5 Å². The van der Waals surface area contributed by atoms with Crippen LogP contribution in [0.15, 0.2) is 110 Å². The van der Waals surface area contributed by atoms with Crippen LogP contribution in [0.3, 0.4) is 0 Å². The summed E-state index contributed by atoms with van der Waals surface area (Å²) in [5, 5.41) is 17.5. The largest absolute Gasteiger partial charge is 1.00 e. The van der Waals surface area contributed by atoms with Gasteiger partial charge in [-0.05, 0) is 79.6 Å². The van der Waals surface area contributed by atoms with Gasteiger partial charge in [-0.15, -0.1) is 10.2 Å². The predicted octanol–water partition coefficient (Wildman–Crippen LogP) is 4.78. The van der Waals surface area contributed by atoms with E-state index in [1.807, 2.05) is 68.4 Å². The van der Waals surface area contributed by atoms with E-state index < -0.39 is 10.1 Å². The van der Waals surface area contributed by atoms with E-state index in [0.29, 0.717) is 40.8 Å². The molecule has 42 heavy (non-hydrogen) atoms. The smallest absolute Gasteiger partial charge is 0.744 e. The third-order valence-corrected chi connectivity index (χ3v) is 7.15. The quantitative estimate of drug-likeness (QED) is 0.140. The zero-order chi connectivity index (χ0) is 29.4. The Morgan fingerprint density at radius 1 is 0.762 bits per heavy atom. The molecule has 10 nitrogen and oxygen atoms in total. The van der Waals surface area contributed by atoms with Crippen LogP contribution in [0.5, 0.6) is 11.5 Å². The molecule has 0 aromatic heterocycles. The minimum Gasteiger partial charge on any atom is -0.744 e. The van der Waals surface area contributed by atoms with Gasteiger partial charge in [0.1, 0.15) is 33.0 Å². The zero-order valence-corrected chi connectivity index (χ0v) is 27.0. The molecule has 0 radical (unpaired) electrons. The Morgan fingerprint density at radius 2 is 1.38 bits per heavy atom. The van der Waals surface area contributed by atoms with Crippen molar-refractivity contribution < 1.29 is 52.0 Å². The molecule has 4 rings (SSSR count). The average molecular weight is 596 g/mol. The van der Waals surface area contributed by atoms with Gasteiger partial charge in [0.25, 0.3) is 0 Å². The van der Waals surface area contributed by atoms with Crippen molar-refractivity contribution in [3.63, 3.8) is 0 Å². The van der Waals surface area contributed by atoms with Crippen LogP contribution in [0.25, 0.3) is 0 Å². The van der Waals surface area contributed by atoms with E-state index in [1.165, 1.54) is 12.1 Å². The van der Waals surface area contributed by atoms with E-state index in [9.17, 15) is 13.0 Å². The summed E-state index contributed by atoms with van der Waals surface area (Å²) < 4.78 is 44.4. The number of methoxy groups -OCH3 is 2. The molecule has 0 spiro atoms. The summed E-state index contributed by atoms with van der Waals surface area (Å²) >= 11 is 0. The molecule has 0 aliphatic heterocycles. The van der Waals surface area contributed by atoms with E-state index in [2.05, 4.69) is 25.4 Å². The Hall–Kier alpha value is -3.61. The number of azo groups is 2. The maximum atomic E-state index is 11.2. The van der Waals surface area contributed by atoms with Crippen LogP contribution in [-0.2, 0) is 16.7 Å². The summed E-state index contributed by atoms with van der Waals surface area (Å²) in [5.41, 5.74) is 5.18. The molecule has 0 aliphatic rings. The predicted molar refractivity (Wildman–Crippen MR) is 157 cm³/mol. The van der Waals surface area contributed by atoms with Gasteiger partial charge in [-0.1, -0.05) is 24.3 Å². The molecule has 4 aromatic rings. The number of anilines is 1. The summed E-state index contributed by atoms with van der Waals surface area (Å²) in [7, 11) is -1.31. The van der Waals surface area contributed by atoms with Crippen LogP contribution in [-0.4, -0.2) is 33.7 Å². The fraction of sp³-hybridized carbons (Fsp3) is 0.200. The first-order chi connectivity index (χ1) is 19.7. The molecule has 0 bridgehead atoms. The van der Waals surface area contributed by atoms with Gasteiger partial charge in [0.05, 0.1) is 30.5 Å². The van der Waals surface area contributed by atoms with Gasteiger partial charge in [-0.3, -0.25) is 0 Å². The second-order valence-corrected chi connectivity index (χ2v) is 10.4. The van der Waals surface area contributed by atoms with Crippen LogP contribution in [0.1, 0.15) is 18.1 Å². The summed E-state index contributed by atoms with van der Waals surface area (Å²) in [5.74, 6) is 1.14. The SMILES string of the molecule is CCN(Cc1ccc(S(=O)(=O)[O-])cc1)c1ccc(N=Nc2cc(C)c(N=Nc3ccccc3OC)cc2OC)cc1.[Na+]. The molecule has 0 saturated heterocycles. The molecular weight excluding hydrogens is 565 g/mol. The molecule has 212 valence electrons. The van der Waals surface area contributed by atoms with E-state index in [0.717, 1.165) is 23.4 Å². The molecule has 0 saturated carbocycles. The number of rotatable bonds is 11. The molecule has 0 aliphatic carbocycles. The number of hydrogen-bond donors (Lipinski definition) is 0. The molecule has 4 aromatic carbocycles. The summed E-state index contributed by atoms with van der Waals surface area (Å²) in [6, 6.07) is 24.6. The summed E-state index contributed by atoms with van der Waals surface area (Å²) in [4.78, 5) is 1.88. The molecule has 0 unspecified atom stereocenters. The fourth-order valence-electron chi connectivity index (χ4n) is 4.04. The Balaban J connectivity index is 0.00000484. The van der Waals surface area contributed by atoms with Crippen molar-refractivity contribution in [2.45, 2.75) is 25.3 Å². The van der Waals surface area contributed by atoms with Gasteiger partial charge in [0, 0.05) is 24.8 Å². The molecule has 0 fully saturated rings. The van der Waals surface area contributed by atoms with Crippen LogP contribution in [0.4, 0.5) is 28.4 Å². The minimum absolute atomic E-state index is 0. The van der Waals surface area contributed by atoms with Gasteiger partial charge >= 0.3 is 29.6 Å². The number of nitrogens with zero attached hydrogens (tertiary/aromatic N) is 5. The van der Waals surface area contributed by atoms with E-state index in [4.69, 9.17) is 9.47 Å². The van der Waals surface area contributed by atoms with Crippen LogP contribution in [0, 0.1) is 6.92 Å². The monoisotopic (exact) mass is 595 g/mol. The van der Waals surface area contributed by atoms with Crippen molar-refractivity contribution >= 4 is 38.6 Å². The fourth-order valence-corrected chi connectivity index (χ4v) is 4.51. The first-order valence-electron chi connectivity index (χ1n) is 12.8. The Bertz CT molecular complexity index is 1660. The number of ether oxygens (including phenoxy) is 2. The number of aryl methyl sites for hydroxylation is 1. The number of benzene rings is 4. The topological polar surface area (TPSA) is 128 Å². The standard InChI is InChI=1S/C30H31N5O5S.Na/c1-5-35(20-22-10-16-25(17-11-22)41(36,37)38)24-14-12-23(13-15-24)31-34-28-18-21(2)27(19-30(28)40-4)33-32-26-8-6-7-9-29(26)39-3;/h6-19H,5,20H2,1-4H3,(H,36,37,38);/q;+1/p-1. The number of para-hydroxylation sites is 1. The zero-order valence-electron chi connectivity index (χ0n) is 24.2. The van der Waals surface area contributed by atoms with Crippen molar-refractivity contribution in [3.05, 3.63) is 96.1 Å². The molecule has 0 heterocycles. The van der Waals surface area contributed by atoms with Gasteiger partial charge in [0.15, 0.2) is 0 Å². The second kappa shape index (κ2) is 15.0.